The van der Waals surface area contributed by atoms with E-state index in [0.717, 1.165) is 11.1 Å². The molecule has 0 spiro atoms. The molecule has 1 nitrogen and oxygen atoms in total. The normalized spacial score (nSPS) is 9.12. The van der Waals surface area contributed by atoms with Crippen LogP contribution in [0.1, 0.15) is 0 Å². The lowest BCUT2D eigenvalue weighted by atomic mass is 10.1. The van der Waals surface area contributed by atoms with E-state index in [4.69, 9.17) is 4.79 Å². The van der Waals surface area contributed by atoms with Crippen molar-refractivity contribution in [1.29, 1.82) is 0 Å². The number of hydrogen-bond acceptors (Lipinski definition) is 1. The fourth-order valence-electron chi connectivity index (χ4n) is 1.28. The summed E-state index contributed by atoms with van der Waals surface area (Å²) in [5.74, 6) is -0.535. The van der Waals surface area contributed by atoms with Gasteiger partial charge in [0.2, 0.25) is 0 Å². The number of carbonyl (C=O) groups excluding carboxylic acids is 1. The molecule has 3 heteroatoms. The standard InChI is InChI=1S/C12H8F2.CH2O/c13-11-5-1-9(2-6-11)10-3-7-12(14)8-4-10;1-2/h1-8H;1H2. The van der Waals surface area contributed by atoms with Crippen LogP contribution in [-0.2, 0) is 4.79 Å². The largest absolute Gasteiger partial charge is 0.307 e. The van der Waals surface area contributed by atoms with Crippen molar-refractivity contribution >= 4 is 6.79 Å². The Morgan fingerprint density at radius 3 is 1.12 bits per heavy atom. The van der Waals surface area contributed by atoms with Crippen molar-refractivity contribution < 1.29 is 13.6 Å². The van der Waals surface area contributed by atoms with Crippen LogP contribution in [-0.4, -0.2) is 6.79 Å². The third-order valence-electron chi connectivity index (χ3n) is 2.02. The van der Waals surface area contributed by atoms with Gasteiger partial charge in [0, 0.05) is 0 Å². The molecule has 0 bridgehead atoms. The van der Waals surface area contributed by atoms with Gasteiger partial charge >= 0.3 is 0 Å². The van der Waals surface area contributed by atoms with Crippen LogP contribution in [0.3, 0.4) is 0 Å². The van der Waals surface area contributed by atoms with E-state index in [-0.39, 0.29) is 11.6 Å². The van der Waals surface area contributed by atoms with E-state index in [1.54, 1.807) is 24.3 Å². The summed E-state index contributed by atoms with van der Waals surface area (Å²) >= 11 is 0. The Morgan fingerprint density at radius 2 is 0.875 bits per heavy atom. The van der Waals surface area contributed by atoms with E-state index >= 15 is 0 Å². The third kappa shape index (κ3) is 2.98. The highest BCUT2D eigenvalue weighted by molar-refractivity contribution is 5.62. The molecule has 16 heavy (non-hydrogen) atoms. The van der Waals surface area contributed by atoms with Gasteiger partial charge in [-0.3, -0.25) is 0 Å². The fraction of sp³-hybridized carbons (Fsp3) is 0. The second-order valence-electron chi connectivity index (χ2n) is 3.01. The summed E-state index contributed by atoms with van der Waals surface area (Å²) in [4.78, 5) is 8.00. The molecule has 0 fully saturated rings. The first-order valence-electron chi connectivity index (χ1n) is 4.56. The average molecular weight is 220 g/mol. The average Bonchev–Trinajstić information content (AvgIpc) is 2.34. The maximum Gasteiger partial charge on any atom is 0.123 e. The highest BCUT2D eigenvalue weighted by Crippen LogP contribution is 2.19. The first-order chi connectivity index (χ1) is 7.75. The van der Waals surface area contributed by atoms with Gasteiger partial charge in [0.05, 0.1) is 0 Å². The minimum absolute atomic E-state index is 0.268. The zero-order valence-corrected chi connectivity index (χ0v) is 8.49. The SMILES string of the molecule is C=O.Fc1ccc(-c2ccc(F)cc2)cc1. The molecule has 2 aromatic rings. The van der Waals surface area contributed by atoms with Crippen molar-refractivity contribution in [2.24, 2.45) is 0 Å². The van der Waals surface area contributed by atoms with Gasteiger partial charge < -0.3 is 4.79 Å². The molecule has 0 aromatic heterocycles. The minimum atomic E-state index is -0.268. The smallest absolute Gasteiger partial charge is 0.123 e. The maximum atomic E-state index is 12.6. The van der Waals surface area contributed by atoms with Crippen LogP contribution < -0.4 is 0 Å². The van der Waals surface area contributed by atoms with Crippen molar-refractivity contribution in [3.63, 3.8) is 0 Å². The number of rotatable bonds is 1. The lowest BCUT2D eigenvalue weighted by molar-refractivity contribution is -0.0979. The second kappa shape index (κ2) is 5.75. The topological polar surface area (TPSA) is 17.1 Å². The van der Waals surface area contributed by atoms with Gasteiger partial charge in [0.25, 0.3) is 0 Å². The van der Waals surface area contributed by atoms with E-state index in [1.165, 1.54) is 24.3 Å². The van der Waals surface area contributed by atoms with Crippen molar-refractivity contribution in [2.45, 2.75) is 0 Å². The molecule has 0 heterocycles. The van der Waals surface area contributed by atoms with E-state index < -0.39 is 0 Å². The van der Waals surface area contributed by atoms with Crippen molar-refractivity contribution in [3.8, 4) is 11.1 Å². The van der Waals surface area contributed by atoms with Gasteiger partial charge in [-0.2, -0.15) is 0 Å². The van der Waals surface area contributed by atoms with E-state index in [9.17, 15) is 8.78 Å². The Morgan fingerprint density at radius 1 is 0.625 bits per heavy atom. The molecule has 0 aliphatic heterocycles. The lowest BCUT2D eigenvalue weighted by Crippen LogP contribution is -1.79. The summed E-state index contributed by atoms with van der Waals surface area (Å²) in [6.07, 6.45) is 0. The summed E-state index contributed by atoms with van der Waals surface area (Å²) in [6, 6.07) is 12.2. The summed E-state index contributed by atoms with van der Waals surface area (Å²) < 4.78 is 25.2. The number of benzene rings is 2. The van der Waals surface area contributed by atoms with Crippen molar-refractivity contribution in [1.82, 2.24) is 0 Å². The zero-order chi connectivity index (χ0) is 12.0. The summed E-state index contributed by atoms with van der Waals surface area (Å²) in [7, 11) is 0. The Kier molecular flexibility index (Phi) is 4.33. The predicted molar refractivity (Wildman–Crippen MR) is 58.9 cm³/mol. The van der Waals surface area contributed by atoms with Crippen LogP contribution in [0.25, 0.3) is 11.1 Å². The molecule has 0 aliphatic carbocycles. The molecule has 0 N–H and O–H groups in total. The molecule has 2 rings (SSSR count). The number of carbonyl (C=O) groups is 1. The summed E-state index contributed by atoms with van der Waals surface area (Å²) in [5.41, 5.74) is 1.76. The number of hydrogen-bond donors (Lipinski definition) is 0. The second-order valence-corrected chi connectivity index (χ2v) is 3.01. The lowest BCUT2D eigenvalue weighted by Gasteiger charge is -2.00. The van der Waals surface area contributed by atoms with E-state index in [2.05, 4.69) is 0 Å². The molecule has 0 radical (unpaired) electrons. The van der Waals surface area contributed by atoms with Gasteiger partial charge in [-0.25, -0.2) is 8.78 Å². The molecule has 2 aromatic carbocycles. The van der Waals surface area contributed by atoms with E-state index in [0.29, 0.717) is 0 Å². The number of halogens is 2. The van der Waals surface area contributed by atoms with E-state index in [1.807, 2.05) is 6.79 Å². The van der Waals surface area contributed by atoms with Crippen LogP contribution in [0.5, 0.6) is 0 Å². The van der Waals surface area contributed by atoms with Gasteiger partial charge in [-0.05, 0) is 35.4 Å². The first kappa shape index (κ1) is 12.0. The van der Waals surface area contributed by atoms with Crippen LogP contribution in [0, 0.1) is 11.6 Å². The third-order valence-corrected chi connectivity index (χ3v) is 2.02. The minimum Gasteiger partial charge on any atom is -0.307 e. The van der Waals surface area contributed by atoms with Gasteiger partial charge in [0.15, 0.2) is 0 Å². The van der Waals surface area contributed by atoms with Gasteiger partial charge in [-0.15, -0.1) is 0 Å². The van der Waals surface area contributed by atoms with Crippen LogP contribution >= 0.6 is 0 Å². The Balaban J connectivity index is 0.000000606. The maximum absolute atomic E-state index is 12.6. The molecule has 0 atom stereocenters. The molecule has 0 aliphatic rings. The molecular formula is C13H10F2O. The molecule has 82 valence electrons. The molecule has 0 amide bonds. The van der Waals surface area contributed by atoms with Gasteiger partial charge in [-0.1, -0.05) is 24.3 Å². The van der Waals surface area contributed by atoms with Crippen molar-refractivity contribution in [2.75, 3.05) is 0 Å². The van der Waals surface area contributed by atoms with Gasteiger partial charge in [0.1, 0.15) is 18.4 Å². The monoisotopic (exact) mass is 220 g/mol. The van der Waals surface area contributed by atoms with Crippen LogP contribution in [0.15, 0.2) is 48.5 Å². The Labute approximate surface area is 92.4 Å². The highest BCUT2D eigenvalue weighted by Gasteiger charge is 1.97. The molecule has 0 saturated heterocycles. The molecule has 0 saturated carbocycles. The Hall–Kier alpha value is -2.03. The fourth-order valence-corrected chi connectivity index (χ4v) is 1.28. The summed E-state index contributed by atoms with van der Waals surface area (Å²) in [5, 5.41) is 0. The highest BCUT2D eigenvalue weighted by atomic mass is 19.1. The van der Waals surface area contributed by atoms with Crippen LogP contribution in [0.2, 0.25) is 0 Å². The summed E-state index contributed by atoms with van der Waals surface area (Å²) in [6.45, 7) is 2.00. The first-order valence-corrected chi connectivity index (χ1v) is 4.56. The molecular weight excluding hydrogens is 210 g/mol. The zero-order valence-electron chi connectivity index (χ0n) is 8.49. The van der Waals surface area contributed by atoms with Crippen molar-refractivity contribution in [3.05, 3.63) is 60.2 Å². The predicted octanol–water partition coefficient (Wildman–Crippen LogP) is 3.45. The van der Waals surface area contributed by atoms with Crippen LogP contribution in [0.4, 0.5) is 8.78 Å². The molecule has 0 unspecified atom stereocenters. The Bertz CT molecular complexity index is 391. The quantitative estimate of drug-likeness (QED) is 0.719.